The first-order valence-corrected chi connectivity index (χ1v) is 11.8. The number of benzene rings is 3. The monoisotopic (exact) mass is 492 g/mol. The van der Waals surface area contributed by atoms with Gasteiger partial charge < -0.3 is 4.74 Å². The Balaban J connectivity index is 1.50. The first kappa shape index (κ1) is 23.7. The number of nitro benzene ring substituents is 1. The molecule has 11 heteroatoms. The summed E-state index contributed by atoms with van der Waals surface area (Å²) in [6, 6.07) is 19.1. The number of ether oxygens (including phenoxy) is 1. The zero-order chi connectivity index (χ0) is 23.1. The molecule has 0 aliphatic rings. The summed E-state index contributed by atoms with van der Waals surface area (Å²) in [6.07, 6.45) is 0. The van der Waals surface area contributed by atoms with E-state index >= 15 is 0 Å². The van der Waals surface area contributed by atoms with Crippen molar-refractivity contribution in [2.75, 3.05) is 6.54 Å². The number of esters is 1. The molecule has 3 aromatic carbocycles. The van der Waals surface area contributed by atoms with E-state index in [-0.39, 0.29) is 22.2 Å². The second-order valence-corrected chi connectivity index (χ2v) is 9.71. The average Bonchev–Trinajstić information content (AvgIpc) is 2.79. The van der Waals surface area contributed by atoms with E-state index in [1.54, 1.807) is 48.5 Å². The highest BCUT2D eigenvalue weighted by Gasteiger charge is 2.15. The molecular formula is C21H17ClN2O6S2. The van der Waals surface area contributed by atoms with Crippen LogP contribution in [0.15, 0.2) is 87.5 Å². The van der Waals surface area contributed by atoms with Crippen LogP contribution in [0.3, 0.4) is 0 Å². The number of nitrogens with one attached hydrogen (secondary N) is 1. The van der Waals surface area contributed by atoms with Crippen molar-refractivity contribution in [3.63, 3.8) is 0 Å². The minimum Gasteiger partial charge on any atom is -0.460 e. The first-order chi connectivity index (χ1) is 15.2. The number of hydrogen-bond acceptors (Lipinski definition) is 7. The quantitative estimate of drug-likeness (QED) is 0.267. The lowest BCUT2D eigenvalue weighted by molar-refractivity contribution is -0.384. The van der Waals surface area contributed by atoms with Gasteiger partial charge in [0.25, 0.3) is 5.69 Å². The van der Waals surface area contributed by atoms with E-state index in [1.165, 1.54) is 36.0 Å². The lowest BCUT2D eigenvalue weighted by Gasteiger charge is -2.08. The average molecular weight is 493 g/mol. The summed E-state index contributed by atoms with van der Waals surface area (Å²) in [5.41, 5.74) is 0.631. The molecule has 8 nitrogen and oxygen atoms in total. The van der Waals surface area contributed by atoms with Crippen LogP contribution in [0.25, 0.3) is 0 Å². The van der Waals surface area contributed by atoms with Crippen molar-refractivity contribution in [2.24, 2.45) is 0 Å². The standard InChI is InChI=1S/C21H17ClN2O6S2/c22-19-12-16(24(26)27)8-11-20(19)31-17-9-6-15(7-10-17)14-30-21(25)13-23-32(28,29)18-4-2-1-3-5-18/h1-12,23H,13-14H2. The summed E-state index contributed by atoms with van der Waals surface area (Å²) < 4.78 is 31.5. The van der Waals surface area contributed by atoms with Crippen LogP contribution in [0.4, 0.5) is 5.69 Å². The predicted molar refractivity (Wildman–Crippen MR) is 120 cm³/mol. The van der Waals surface area contributed by atoms with Crippen LogP contribution in [0.5, 0.6) is 0 Å². The van der Waals surface area contributed by atoms with E-state index in [2.05, 4.69) is 4.72 Å². The maximum absolute atomic E-state index is 12.1. The van der Waals surface area contributed by atoms with Crippen LogP contribution in [-0.4, -0.2) is 25.9 Å². The van der Waals surface area contributed by atoms with Crippen LogP contribution in [0.1, 0.15) is 5.56 Å². The molecule has 3 rings (SSSR count). The molecule has 0 aliphatic heterocycles. The maximum atomic E-state index is 12.1. The third-order valence-electron chi connectivity index (χ3n) is 4.14. The number of rotatable bonds is 9. The van der Waals surface area contributed by atoms with Crippen molar-refractivity contribution in [3.05, 3.63) is 93.5 Å². The Hall–Kier alpha value is -2.92. The summed E-state index contributed by atoms with van der Waals surface area (Å²) in [5, 5.41) is 11.1. The molecule has 0 saturated carbocycles. The number of carbonyl (C=O) groups excluding carboxylic acids is 1. The Labute approximate surface area is 193 Å². The molecule has 3 aromatic rings. The van der Waals surface area contributed by atoms with E-state index in [4.69, 9.17) is 16.3 Å². The van der Waals surface area contributed by atoms with Gasteiger partial charge in [0.2, 0.25) is 10.0 Å². The molecule has 0 atom stereocenters. The molecule has 0 aromatic heterocycles. The molecule has 0 saturated heterocycles. The summed E-state index contributed by atoms with van der Waals surface area (Å²) in [7, 11) is -3.79. The molecular weight excluding hydrogens is 476 g/mol. The first-order valence-electron chi connectivity index (χ1n) is 9.16. The Morgan fingerprint density at radius 3 is 2.38 bits per heavy atom. The van der Waals surface area contributed by atoms with Crippen molar-refractivity contribution in [2.45, 2.75) is 21.3 Å². The van der Waals surface area contributed by atoms with Gasteiger partial charge in [0.05, 0.1) is 14.8 Å². The van der Waals surface area contributed by atoms with Crippen molar-refractivity contribution in [3.8, 4) is 0 Å². The largest absolute Gasteiger partial charge is 0.460 e. The summed E-state index contributed by atoms with van der Waals surface area (Å²) in [5.74, 6) is -0.708. The van der Waals surface area contributed by atoms with Crippen molar-refractivity contribution in [1.82, 2.24) is 4.72 Å². The highest BCUT2D eigenvalue weighted by atomic mass is 35.5. The normalized spacial score (nSPS) is 11.2. The number of carbonyl (C=O) groups is 1. The molecule has 0 heterocycles. The van der Waals surface area contributed by atoms with Gasteiger partial charge in [0, 0.05) is 21.9 Å². The summed E-state index contributed by atoms with van der Waals surface area (Å²) in [6.45, 7) is -0.501. The highest BCUT2D eigenvalue weighted by molar-refractivity contribution is 7.99. The number of sulfonamides is 1. The second-order valence-electron chi connectivity index (χ2n) is 6.42. The topological polar surface area (TPSA) is 116 Å². The van der Waals surface area contributed by atoms with Crippen LogP contribution in [0.2, 0.25) is 5.02 Å². The fraction of sp³-hybridized carbons (Fsp3) is 0.0952. The molecule has 0 amide bonds. The third-order valence-corrected chi connectivity index (χ3v) is 7.06. The Morgan fingerprint density at radius 2 is 1.75 bits per heavy atom. The number of nitrogens with zero attached hydrogens (tertiary/aromatic N) is 1. The fourth-order valence-electron chi connectivity index (χ4n) is 2.52. The summed E-state index contributed by atoms with van der Waals surface area (Å²) >= 11 is 7.45. The van der Waals surface area contributed by atoms with E-state index < -0.39 is 27.5 Å². The van der Waals surface area contributed by atoms with Gasteiger partial charge in [-0.25, -0.2) is 8.42 Å². The van der Waals surface area contributed by atoms with Crippen molar-refractivity contribution >= 4 is 45.0 Å². The second kappa shape index (κ2) is 10.6. The van der Waals surface area contributed by atoms with Gasteiger partial charge in [-0.2, -0.15) is 4.72 Å². The maximum Gasteiger partial charge on any atom is 0.321 e. The molecule has 32 heavy (non-hydrogen) atoms. The van der Waals surface area contributed by atoms with Gasteiger partial charge >= 0.3 is 5.97 Å². The molecule has 0 spiro atoms. The van der Waals surface area contributed by atoms with E-state index in [1.807, 2.05) is 0 Å². The Bertz CT molecular complexity index is 1220. The number of non-ortho nitro benzene ring substituents is 1. The Morgan fingerprint density at radius 1 is 1.06 bits per heavy atom. The van der Waals surface area contributed by atoms with Gasteiger partial charge in [-0.3, -0.25) is 14.9 Å². The molecule has 0 aliphatic carbocycles. The van der Waals surface area contributed by atoms with E-state index in [9.17, 15) is 23.3 Å². The molecule has 1 N–H and O–H groups in total. The molecule has 0 fully saturated rings. The molecule has 166 valence electrons. The SMILES string of the molecule is O=C(CNS(=O)(=O)c1ccccc1)OCc1ccc(Sc2ccc([N+](=O)[O-])cc2Cl)cc1. The van der Waals surface area contributed by atoms with Gasteiger partial charge in [0.1, 0.15) is 13.2 Å². The summed E-state index contributed by atoms with van der Waals surface area (Å²) in [4.78, 5) is 23.8. The van der Waals surface area contributed by atoms with E-state index in [0.29, 0.717) is 10.5 Å². The third kappa shape index (κ3) is 6.54. The minimum atomic E-state index is -3.79. The minimum absolute atomic E-state index is 0.0187. The van der Waals surface area contributed by atoms with Gasteiger partial charge in [0.15, 0.2) is 0 Å². The number of hydrogen-bond donors (Lipinski definition) is 1. The fourth-order valence-corrected chi connectivity index (χ4v) is 4.62. The number of nitro groups is 1. The smallest absolute Gasteiger partial charge is 0.321 e. The van der Waals surface area contributed by atoms with Crippen LogP contribution in [-0.2, 0) is 26.2 Å². The molecule has 0 radical (unpaired) electrons. The van der Waals surface area contributed by atoms with Gasteiger partial charge in [-0.05, 0) is 35.9 Å². The van der Waals surface area contributed by atoms with E-state index in [0.717, 1.165) is 4.90 Å². The predicted octanol–water partition coefficient (Wildman–Crippen LogP) is 4.42. The van der Waals surface area contributed by atoms with Crippen molar-refractivity contribution < 1.29 is 22.9 Å². The van der Waals surface area contributed by atoms with Gasteiger partial charge in [-0.15, -0.1) is 0 Å². The van der Waals surface area contributed by atoms with Crippen LogP contribution < -0.4 is 4.72 Å². The Kier molecular flexibility index (Phi) is 7.86. The highest BCUT2D eigenvalue weighted by Crippen LogP contribution is 2.35. The molecule has 0 unspecified atom stereocenters. The van der Waals surface area contributed by atoms with Crippen LogP contribution in [0, 0.1) is 10.1 Å². The van der Waals surface area contributed by atoms with Gasteiger partial charge in [-0.1, -0.05) is 53.7 Å². The van der Waals surface area contributed by atoms with Crippen molar-refractivity contribution in [1.29, 1.82) is 0 Å². The zero-order valence-electron chi connectivity index (χ0n) is 16.4. The zero-order valence-corrected chi connectivity index (χ0v) is 18.8. The lowest BCUT2D eigenvalue weighted by Crippen LogP contribution is -2.30. The number of halogens is 1. The van der Waals surface area contributed by atoms with Crippen LogP contribution >= 0.6 is 23.4 Å². The lowest BCUT2D eigenvalue weighted by atomic mass is 10.2. The molecule has 0 bridgehead atoms.